The van der Waals surface area contributed by atoms with E-state index in [1.54, 1.807) is 7.05 Å². The van der Waals surface area contributed by atoms with Crippen LogP contribution in [0.2, 0.25) is 5.02 Å². The maximum absolute atomic E-state index is 13.0. The van der Waals surface area contributed by atoms with Crippen molar-refractivity contribution >= 4 is 38.7 Å². The Labute approximate surface area is 157 Å². The molecule has 0 radical (unpaired) electrons. The molecule has 0 amide bonds. The van der Waals surface area contributed by atoms with Gasteiger partial charge in [-0.15, -0.1) is 0 Å². The molecule has 0 aliphatic heterocycles. The van der Waals surface area contributed by atoms with Crippen molar-refractivity contribution in [1.82, 2.24) is 18.7 Å². The molecule has 0 unspecified atom stereocenters. The molecule has 3 rings (SSSR count). The Bertz CT molecular complexity index is 1150. The summed E-state index contributed by atoms with van der Waals surface area (Å²) in [5, 5.41) is -0.451. The van der Waals surface area contributed by atoms with Crippen LogP contribution in [-0.2, 0) is 26.8 Å². The molecule has 3 aromatic rings. The highest BCUT2D eigenvalue weighted by Gasteiger charge is 2.33. The highest BCUT2D eigenvalue weighted by molar-refractivity contribution is 9.10. The minimum atomic E-state index is -4.64. The molecule has 1 aromatic carbocycles. The van der Waals surface area contributed by atoms with Crippen LogP contribution in [-0.4, -0.2) is 18.7 Å². The number of nitrogens with zero attached hydrogens (tertiary/aromatic N) is 4. The minimum Gasteiger partial charge on any atom is -0.316 e. The number of benzene rings is 1. The number of aromatic nitrogens is 4. The SMILES string of the molecule is Cn1c(Br)nc2c1c(=O)n(Cc1ccc(Cl)c(C(F)(F)F)c1)c(=O)n2C. The van der Waals surface area contributed by atoms with Crippen LogP contribution in [0.5, 0.6) is 0 Å². The lowest BCUT2D eigenvalue weighted by Crippen LogP contribution is -2.39. The van der Waals surface area contributed by atoms with Crippen LogP contribution in [0.3, 0.4) is 0 Å². The molecule has 0 bridgehead atoms. The van der Waals surface area contributed by atoms with E-state index in [0.29, 0.717) is 4.73 Å². The zero-order valence-electron chi connectivity index (χ0n) is 13.4. The first-order valence-electron chi connectivity index (χ1n) is 7.19. The molecule has 6 nitrogen and oxygen atoms in total. The average molecular weight is 452 g/mol. The number of hydrogen-bond acceptors (Lipinski definition) is 3. The predicted octanol–water partition coefficient (Wildman–Crippen LogP) is 2.92. The highest BCUT2D eigenvalue weighted by atomic mass is 79.9. The van der Waals surface area contributed by atoms with Gasteiger partial charge in [0.05, 0.1) is 17.1 Å². The molecule has 26 heavy (non-hydrogen) atoms. The molecule has 138 valence electrons. The standard InChI is InChI=1S/C15H11BrClF3N4O2/c1-22-10-11(21-13(22)16)23(2)14(26)24(12(10)25)6-7-3-4-9(17)8(5-7)15(18,19)20/h3-5H,6H2,1-2H3. The van der Waals surface area contributed by atoms with Crippen molar-refractivity contribution in [3.63, 3.8) is 0 Å². The van der Waals surface area contributed by atoms with E-state index in [-0.39, 0.29) is 23.3 Å². The van der Waals surface area contributed by atoms with Gasteiger partial charge in [0, 0.05) is 14.1 Å². The third kappa shape index (κ3) is 2.96. The number of hydrogen-bond donors (Lipinski definition) is 0. The van der Waals surface area contributed by atoms with Crippen molar-refractivity contribution in [2.45, 2.75) is 12.7 Å². The summed E-state index contributed by atoms with van der Waals surface area (Å²) in [6, 6.07) is 3.26. The van der Waals surface area contributed by atoms with Gasteiger partial charge in [-0.1, -0.05) is 17.7 Å². The molecule has 0 atom stereocenters. The first-order chi connectivity index (χ1) is 12.0. The van der Waals surface area contributed by atoms with Crippen LogP contribution >= 0.6 is 27.5 Å². The van der Waals surface area contributed by atoms with Crippen molar-refractivity contribution in [3.8, 4) is 0 Å². The number of halogens is 5. The summed E-state index contributed by atoms with van der Waals surface area (Å²) >= 11 is 8.78. The largest absolute Gasteiger partial charge is 0.417 e. The Kier molecular flexibility index (Phi) is 4.51. The second-order valence-electron chi connectivity index (χ2n) is 5.66. The van der Waals surface area contributed by atoms with Gasteiger partial charge in [-0.25, -0.2) is 9.78 Å². The van der Waals surface area contributed by atoms with Gasteiger partial charge < -0.3 is 4.57 Å². The smallest absolute Gasteiger partial charge is 0.316 e. The monoisotopic (exact) mass is 450 g/mol. The molecule has 0 saturated carbocycles. The van der Waals surface area contributed by atoms with Gasteiger partial charge in [-0.2, -0.15) is 13.2 Å². The topological polar surface area (TPSA) is 61.8 Å². The Hall–Kier alpha value is -2.07. The van der Waals surface area contributed by atoms with Gasteiger partial charge in [0.2, 0.25) is 0 Å². The Morgan fingerprint density at radius 1 is 1.19 bits per heavy atom. The van der Waals surface area contributed by atoms with Crippen molar-refractivity contribution in [3.05, 3.63) is 59.9 Å². The molecule has 0 N–H and O–H groups in total. The lowest BCUT2D eigenvalue weighted by Gasteiger charge is -2.12. The molecule has 2 aromatic heterocycles. The number of imidazole rings is 1. The third-order valence-corrected chi connectivity index (χ3v) is 5.02. The first kappa shape index (κ1) is 18.7. The van der Waals surface area contributed by atoms with Crippen molar-refractivity contribution in [1.29, 1.82) is 0 Å². The minimum absolute atomic E-state index is 0.126. The average Bonchev–Trinajstić information content (AvgIpc) is 2.85. The second kappa shape index (κ2) is 6.27. The fourth-order valence-electron chi connectivity index (χ4n) is 2.63. The van der Waals surface area contributed by atoms with Crippen LogP contribution in [0, 0.1) is 0 Å². The molecule has 0 saturated heterocycles. The van der Waals surface area contributed by atoms with Crippen LogP contribution < -0.4 is 11.2 Å². The van der Waals surface area contributed by atoms with Crippen LogP contribution in [0.25, 0.3) is 11.2 Å². The van der Waals surface area contributed by atoms with Gasteiger partial charge in [0.25, 0.3) is 5.56 Å². The predicted molar refractivity (Wildman–Crippen MR) is 93.5 cm³/mol. The maximum Gasteiger partial charge on any atom is 0.417 e. The summed E-state index contributed by atoms with van der Waals surface area (Å²) in [6.07, 6.45) is -4.64. The van der Waals surface area contributed by atoms with E-state index in [1.807, 2.05) is 0 Å². The fraction of sp³-hybridized carbons (Fsp3) is 0.267. The molecule has 0 aliphatic carbocycles. The lowest BCUT2D eigenvalue weighted by atomic mass is 10.1. The van der Waals surface area contributed by atoms with Gasteiger partial charge in [-0.05, 0) is 33.6 Å². The zero-order chi connectivity index (χ0) is 19.4. The van der Waals surface area contributed by atoms with E-state index >= 15 is 0 Å². The summed E-state index contributed by atoms with van der Waals surface area (Å²) in [5.74, 6) is 0. The third-order valence-electron chi connectivity index (χ3n) is 3.98. The summed E-state index contributed by atoms with van der Waals surface area (Å²) in [6.45, 7) is -0.329. The van der Waals surface area contributed by atoms with Crippen LogP contribution in [0.4, 0.5) is 13.2 Å². The van der Waals surface area contributed by atoms with Gasteiger partial charge in [-0.3, -0.25) is 13.9 Å². The maximum atomic E-state index is 13.0. The van der Waals surface area contributed by atoms with E-state index in [2.05, 4.69) is 20.9 Å². The van der Waals surface area contributed by atoms with E-state index < -0.39 is 28.0 Å². The first-order valence-corrected chi connectivity index (χ1v) is 8.37. The second-order valence-corrected chi connectivity index (χ2v) is 6.77. The summed E-state index contributed by atoms with van der Waals surface area (Å²) in [7, 11) is 3.02. The molecule has 0 fully saturated rings. The Balaban J connectivity index is 2.21. The zero-order valence-corrected chi connectivity index (χ0v) is 15.8. The molecule has 11 heteroatoms. The van der Waals surface area contributed by atoms with E-state index in [1.165, 1.54) is 22.2 Å². The number of fused-ring (bicyclic) bond motifs is 1. The normalized spacial score (nSPS) is 12.1. The van der Waals surface area contributed by atoms with E-state index in [4.69, 9.17) is 11.6 Å². The fourth-order valence-corrected chi connectivity index (χ4v) is 3.20. The Morgan fingerprint density at radius 2 is 1.85 bits per heavy atom. The number of alkyl halides is 3. The Morgan fingerprint density at radius 3 is 2.46 bits per heavy atom. The number of rotatable bonds is 2. The quantitative estimate of drug-likeness (QED) is 0.563. The van der Waals surface area contributed by atoms with E-state index in [0.717, 1.165) is 16.7 Å². The van der Waals surface area contributed by atoms with Gasteiger partial charge >= 0.3 is 11.9 Å². The molecular formula is C15H11BrClF3N4O2. The molecule has 0 spiro atoms. The summed E-state index contributed by atoms with van der Waals surface area (Å²) < 4.78 is 42.9. The molecule has 2 heterocycles. The van der Waals surface area contributed by atoms with Gasteiger partial charge in [0.15, 0.2) is 15.9 Å². The van der Waals surface area contributed by atoms with Gasteiger partial charge in [0.1, 0.15) is 0 Å². The molecular weight excluding hydrogens is 441 g/mol. The van der Waals surface area contributed by atoms with Crippen LogP contribution in [0.15, 0.2) is 32.5 Å². The lowest BCUT2D eigenvalue weighted by molar-refractivity contribution is -0.137. The van der Waals surface area contributed by atoms with Crippen molar-refractivity contribution in [2.75, 3.05) is 0 Å². The summed E-state index contributed by atoms with van der Waals surface area (Å²) in [5.41, 5.74) is -1.89. The molecule has 0 aliphatic rings. The number of aryl methyl sites for hydroxylation is 2. The van der Waals surface area contributed by atoms with Crippen molar-refractivity contribution < 1.29 is 13.2 Å². The highest BCUT2D eigenvalue weighted by Crippen LogP contribution is 2.35. The summed E-state index contributed by atoms with van der Waals surface area (Å²) in [4.78, 5) is 29.3. The van der Waals surface area contributed by atoms with Crippen molar-refractivity contribution in [2.24, 2.45) is 14.1 Å². The van der Waals surface area contributed by atoms with Crippen LogP contribution in [0.1, 0.15) is 11.1 Å². The van der Waals surface area contributed by atoms with E-state index in [9.17, 15) is 22.8 Å².